The van der Waals surface area contributed by atoms with Gasteiger partial charge in [-0.2, -0.15) is 13.2 Å². The standard InChI is InChI=1S/C25H25ClF3N3O3/c1-4-7-31-14-32(13-22(31)33)23(34)20-6-5-17(10-16(20)3)21-12-24(35-30-21,25(27,28)29)18-8-15(2)9-19(26)11-18/h5-6,8-11H,4,7,12-14H2,1-3H3. The van der Waals surface area contributed by atoms with Gasteiger partial charge >= 0.3 is 6.18 Å². The number of amides is 2. The fourth-order valence-electron chi connectivity index (χ4n) is 4.48. The van der Waals surface area contributed by atoms with Crippen LogP contribution in [0.2, 0.25) is 5.02 Å². The third kappa shape index (κ3) is 4.61. The predicted octanol–water partition coefficient (Wildman–Crippen LogP) is 5.19. The normalized spacial score (nSPS) is 20.3. The number of oxime groups is 1. The minimum Gasteiger partial charge on any atom is -0.374 e. The number of aryl methyl sites for hydroxylation is 2. The summed E-state index contributed by atoms with van der Waals surface area (Å²) in [6.45, 7) is 6.12. The van der Waals surface area contributed by atoms with Crippen LogP contribution >= 0.6 is 11.6 Å². The molecule has 1 saturated heterocycles. The van der Waals surface area contributed by atoms with Crippen LogP contribution in [0.25, 0.3) is 0 Å². The van der Waals surface area contributed by atoms with Crippen molar-refractivity contribution in [3.63, 3.8) is 0 Å². The van der Waals surface area contributed by atoms with Crippen LogP contribution in [0.1, 0.15) is 52.4 Å². The molecule has 0 aliphatic carbocycles. The number of nitrogens with zero attached hydrogens (tertiary/aromatic N) is 3. The molecule has 2 aromatic rings. The second kappa shape index (κ2) is 9.18. The lowest BCUT2D eigenvalue weighted by molar-refractivity contribution is -0.275. The van der Waals surface area contributed by atoms with E-state index in [0.29, 0.717) is 28.8 Å². The molecule has 2 aliphatic heterocycles. The molecule has 35 heavy (non-hydrogen) atoms. The van der Waals surface area contributed by atoms with Gasteiger partial charge in [0.05, 0.1) is 12.4 Å². The van der Waals surface area contributed by atoms with Crippen LogP contribution in [0.5, 0.6) is 0 Å². The Morgan fingerprint density at radius 3 is 2.57 bits per heavy atom. The molecule has 0 radical (unpaired) electrons. The van der Waals surface area contributed by atoms with Gasteiger partial charge in [0.25, 0.3) is 11.5 Å². The van der Waals surface area contributed by atoms with Crippen LogP contribution in [-0.4, -0.2) is 53.3 Å². The molecular formula is C25H25ClF3N3O3. The monoisotopic (exact) mass is 507 g/mol. The van der Waals surface area contributed by atoms with Gasteiger partial charge < -0.3 is 14.6 Å². The maximum atomic E-state index is 14.3. The zero-order valence-corrected chi connectivity index (χ0v) is 20.3. The SMILES string of the molecule is CCCN1CN(C(=O)c2ccc(C3=NOC(c4cc(C)cc(Cl)c4)(C(F)(F)F)C3)cc2C)CC1=O. The molecule has 0 N–H and O–H groups in total. The highest BCUT2D eigenvalue weighted by atomic mass is 35.5. The third-order valence-corrected chi connectivity index (χ3v) is 6.50. The zero-order chi connectivity index (χ0) is 25.5. The molecule has 1 fully saturated rings. The first kappa shape index (κ1) is 25.0. The Balaban J connectivity index is 1.58. The van der Waals surface area contributed by atoms with Gasteiger partial charge in [0.2, 0.25) is 5.91 Å². The van der Waals surface area contributed by atoms with E-state index in [2.05, 4.69) is 5.16 Å². The van der Waals surface area contributed by atoms with Crippen LogP contribution in [0.4, 0.5) is 13.2 Å². The van der Waals surface area contributed by atoms with Crippen LogP contribution in [0.3, 0.4) is 0 Å². The first-order chi connectivity index (χ1) is 16.4. The maximum absolute atomic E-state index is 14.3. The highest BCUT2D eigenvalue weighted by Gasteiger charge is 2.62. The molecule has 2 aliphatic rings. The van der Waals surface area contributed by atoms with E-state index in [4.69, 9.17) is 16.4 Å². The molecule has 1 unspecified atom stereocenters. The van der Waals surface area contributed by atoms with Gasteiger partial charge in [-0.25, -0.2) is 0 Å². The quantitative estimate of drug-likeness (QED) is 0.559. The molecule has 186 valence electrons. The number of rotatable bonds is 5. The van der Waals surface area contributed by atoms with Crippen LogP contribution in [0, 0.1) is 13.8 Å². The molecule has 2 aromatic carbocycles. The molecule has 2 heterocycles. The summed E-state index contributed by atoms with van der Waals surface area (Å²) in [5.74, 6) is -0.406. The minimum atomic E-state index is -4.74. The van der Waals surface area contributed by atoms with Gasteiger partial charge in [0.1, 0.15) is 6.54 Å². The topological polar surface area (TPSA) is 62.2 Å². The molecular weight excluding hydrogens is 483 g/mol. The van der Waals surface area contributed by atoms with Crippen molar-refractivity contribution in [3.05, 3.63) is 69.2 Å². The van der Waals surface area contributed by atoms with E-state index in [1.807, 2.05) is 6.92 Å². The first-order valence-corrected chi connectivity index (χ1v) is 11.6. The summed E-state index contributed by atoms with van der Waals surface area (Å²) < 4.78 is 42.8. The Morgan fingerprint density at radius 2 is 1.94 bits per heavy atom. The summed E-state index contributed by atoms with van der Waals surface area (Å²) in [4.78, 5) is 33.3. The Labute approximate surface area is 206 Å². The molecule has 1 atom stereocenters. The van der Waals surface area contributed by atoms with Gasteiger partial charge in [-0.1, -0.05) is 35.8 Å². The fraction of sp³-hybridized carbons (Fsp3) is 0.400. The molecule has 0 bridgehead atoms. The lowest BCUT2D eigenvalue weighted by Crippen LogP contribution is -2.42. The average Bonchev–Trinajstić information content (AvgIpc) is 3.38. The van der Waals surface area contributed by atoms with Crippen molar-refractivity contribution in [1.29, 1.82) is 0 Å². The number of carbonyl (C=O) groups is 2. The van der Waals surface area contributed by atoms with E-state index in [9.17, 15) is 22.8 Å². The van der Waals surface area contributed by atoms with Crippen LogP contribution in [0.15, 0.2) is 41.6 Å². The Kier molecular flexibility index (Phi) is 6.57. The molecule has 4 rings (SSSR count). The lowest BCUT2D eigenvalue weighted by Gasteiger charge is -2.30. The van der Waals surface area contributed by atoms with E-state index in [-0.39, 0.29) is 41.3 Å². The van der Waals surface area contributed by atoms with Gasteiger partial charge in [-0.05, 0) is 61.2 Å². The summed E-state index contributed by atoms with van der Waals surface area (Å²) in [6, 6.07) is 8.93. The number of hydrogen-bond donors (Lipinski definition) is 0. The highest BCUT2D eigenvalue weighted by molar-refractivity contribution is 6.30. The van der Waals surface area contributed by atoms with Crippen molar-refractivity contribution in [3.8, 4) is 0 Å². The number of alkyl halides is 3. The van der Waals surface area contributed by atoms with Crippen molar-refractivity contribution < 1.29 is 27.6 Å². The number of halogens is 4. The number of benzene rings is 2. The van der Waals surface area contributed by atoms with E-state index in [1.165, 1.54) is 17.0 Å². The fourth-order valence-corrected chi connectivity index (χ4v) is 4.77. The second-order valence-corrected chi connectivity index (χ2v) is 9.42. The Morgan fingerprint density at radius 1 is 1.20 bits per heavy atom. The summed E-state index contributed by atoms with van der Waals surface area (Å²) in [7, 11) is 0. The number of hydrogen-bond acceptors (Lipinski definition) is 4. The van der Waals surface area contributed by atoms with E-state index in [0.717, 1.165) is 6.42 Å². The van der Waals surface area contributed by atoms with Gasteiger partial charge in [-0.3, -0.25) is 9.59 Å². The van der Waals surface area contributed by atoms with Crippen molar-refractivity contribution in [2.75, 3.05) is 19.8 Å². The smallest absolute Gasteiger partial charge is 0.374 e. The van der Waals surface area contributed by atoms with Crippen LogP contribution in [-0.2, 0) is 15.2 Å². The van der Waals surface area contributed by atoms with E-state index < -0.39 is 18.2 Å². The summed E-state index contributed by atoms with van der Waals surface area (Å²) in [6.07, 6.45) is -4.48. The van der Waals surface area contributed by atoms with Crippen LogP contribution < -0.4 is 0 Å². The minimum absolute atomic E-state index is 0.00767. The largest absolute Gasteiger partial charge is 0.435 e. The maximum Gasteiger partial charge on any atom is 0.435 e. The van der Waals surface area contributed by atoms with Gasteiger partial charge in [0, 0.05) is 29.1 Å². The van der Waals surface area contributed by atoms with Crippen molar-refractivity contribution >= 4 is 29.1 Å². The first-order valence-electron chi connectivity index (χ1n) is 11.2. The lowest BCUT2D eigenvalue weighted by atomic mass is 9.85. The summed E-state index contributed by atoms with van der Waals surface area (Å²) in [5, 5.41) is 3.98. The number of carbonyl (C=O) groups excluding carboxylic acids is 2. The van der Waals surface area contributed by atoms with E-state index in [1.54, 1.807) is 43.0 Å². The molecule has 0 saturated carbocycles. The van der Waals surface area contributed by atoms with Crippen molar-refractivity contribution in [1.82, 2.24) is 9.80 Å². The molecule has 6 nitrogen and oxygen atoms in total. The van der Waals surface area contributed by atoms with Crippen molar-refractivity contribution in [2.24, 2.45) is 5.16 Å². The Bertz CT molecular complexity index is 1190. The van der Waals surface area contributed by atoms with Gasteiger partial charge in [-0.15, -0.1) is 0 Å². The second-order valence-electron chi connectivity index (χ2n) is 8.98. The predicted molar refractivity (Wildman–Crippen MR) is 125 cm³/mol. The molecule has 10 heteroatoms. The summed E-state index contributed by atoms with van der Waals surface area (Å²) >= 11 is 6.03. The highest BCUT2D eigenvalue weighted by Crippen LogP contribution is 2.49. The third-order valence-electron chi connectivity index (χ3n) is 6.29. The summed E-state index contributed by atoms with van der Waals surface area (Å²) in [5.41, 5.74) is -0.704. The average molecular weight is 508 g/mol. The van der Waals surface area contributed by atoms with Gasteiger partial charge in [0.15, 0.2) is 0 Å². The zero-order valence-electron chi connectivity index (χ0n) is 19.6. The molecule has 0 spiro atoms. The van der Waals surface area contributed by atoms with E-state index >= 15 is 0 Å². The molecule has 2 amide bonds. The molecule has 0 aromatic heterocycles. The van der Waals surface area contributed by atoms with Crippen molar-refractivity contribution in [2.45, 2.75) is 45.4 Å². The Hall–Kier alpha value is -3.07.